The molecule has 3 aromatic rings. The van der Waals surface area contributed by atoms with Gasteiger partial charge in [0.2, 0.25) is 11.8 Å². The molecule has 2 heterocycles. The molecule has 4 rings (SSSR count). The van der Waals surface area contributed by atoms with Crippen LogP contribution in [-0.4, -0.2) is 35.2 Å². The van der Waals surface area contributed by atoms with Crippen molar-refractivity contribution in [3.8, 4) is 5.75 Å². The van der Waals surface area contributed by atoms with Crippen molar-refractivity contribution in [3.05, 3.63) is 66.1 Å². The fourth-order valence-electron chi connectivity index (χ4n) is 3.31. The van der Waals surface area contributed by atoms with E-state index in [1.54, 1.807) is 4.90 Å². The minimum atomic E-state index is -0.404. The molecule has 0 spiro atoms. The number of para-hydroxylation sites is 1. The fourth-order valence-corrected chi connectivity index (χ4v) is 3.31. The summed E-state index contributed by atoms with van der Waals surface area (Å²) in [4.78, 5) is 26.2. The van der Waals surface area contributed by atoms with Gasteiger partial charge < -0.3 is 14.1 Å². The summed E-state index contributed by atoms with van der Waals surface area (Å²) in [7, 11) is 0. The maximum absolute atomic E-state index is 12.4. The average Bonchev–Trinajstić information content (AvgIpc) is 3.39. The Bertz CT molecular complexity index is 1020. The van der Waals surface area contributed by atoms with Crippen molar-refractivity contribution in [2.24, 2.45) is 0 Å². The lowest BCUT2D eigenvalue weighted by Gasteiger charge is -2.15. The summed E-state index contributed by atoms with van der Waals surface area (Å²) in [5.41, 5.74) is 2.03. The molecule has 8 nitrogen and oxygen atoms in total. The second kappa shape index (κ2) is 8.77. The number of anilines is 2. The largest absolute Gasteiger partial charge is 0.484 e. The number of carbonyl (C=O) groups is 2. The molecule has 8 heteroatoms. The second-order valence-electron chi connectivity index (χ2n) is 7.02. The minimum Gasteiger partial charge on any atom is -0.484 e. The van der Waals surface area contributed by atoms with E-state index in [-0.39, 0.29) is 30.9 Å². The molecule has 1 N–H and O–H groups in total. The van der Waals surface area contributed by atoms with Crippen LogP contribution in [0.3, 0.4) is 0 Å². The number of amides is 2. The highest BCUT2D eigenvalue weighted by Gasteiger charge is 2.35. The minimum absolute atomic E-state index is 0.00234. The molecule has 154 valence electrons. The van der Waals surface area contributed by atoms with E-state index >= 15 is 0 Å². The molecule has 0 bridgehead atoms. The summed E-state index contributed by atoms with van der Waals surface area (Å²) in [6, 6.07) is 17.0. The average molecular weight is 406 g/mol. The lowest BCUT2D eigenvalue weighted by atomic mass is 10.1. The molecular formula is C22H22N4O4. The molecule has 1 aliphatic rings. The Morgan fingerprint density at radius 3 is 2.67 bits per heavy atom. The quantitative estimate of drug-likeness (QED) is 0.647. The van der Waals surface area contributed by atoms with Crippen molar-refractivity contribution in [1.29, 1.82) is 0 Å². The zero-order valence-corrected chi connectivity index (χ0v) is 16.6. The van der Waals surface area contributed by atoms with Gasteiger partial charge in [-0.1, -0.05) is 42.4 Å². The van der Waals surface area contributed by atoms with Gasteiger partial charge in [-0.25, -0.2) is 0 Å². The van der Waals surface area contributed by atoms with Gasteiger partial charge in [0, 0.05) is 18.7 Å². The van der Waals surface area contributed by atoms with Crippen LogP contribution < -0.4 is 15.0 Å². The summed E-state index contributed by atoms with van der Waals surface area (Å²) in [6.45, 7) is 2.35. The molecule has 0 radical (unpaired) electrons. The van der Waals surface area contributed by atoms with E-state index < -0.39 is 5.91 Å². The summed E-state index contributed by atoms with van der Waals surface area (Å²) in [6.07, 6.45) is 1.22. The number of aromatic nitrogens is 2. The Hall–Kier alpha value is -3.68. The number of carbonyl (C=O) groups excluding carboxylic acids is 2. The molecule has 0 saturated carbocycles. The van der Waals surface area contributed by atoms with Crippen LogP contribution in [0.25, 0.3) is 0 Å². The molecule has 1 aromatic heterocycles. The first-order valence-corrected chi connectivity index (χ1v) is 9.82. The zero-order valence-electron chi connectivity index (χ0n) is 16.6. The number of hydrogen-bond donors (Lipinski definition) is 1. The van der Waals surface area contributed by atoms with Crippen LogP contribution in [0.15, 0.2) is 59.0 Å². The van der Waals surface area contributed by atoms with Crippen LogP contribution in [0.2, 0.25) is 0 Å². The van der Waals surface area contributed by atoms with E-state index in [0.717, 1.165) is 12.1 Å². The van der Waals surface area contributed by atoms with Gasteiger partial charge in [-0.3, -0.25) is 14.9 Å². The highest BCUT2D eigenvalue weighted by molar-refractivity contribution is 5.96. The third kappa shape index (κ3) is 4.48. The summed E-state index contributed by atoms with van der Waals surface area (Å²) >= 11 is 0. The molecule has 2 aromatic carbocycles. The lowest BCUT2D eigenvalue weighted by Crippen LogP contribution is -2.24. The lowest BCUT2D eigenvalue weighted by molar-refractivity contribution is -0.118. The first kappa shape index (κ1) is 19.6. The first-order valence-electron chi connectivity index (χ1n) is 9.82. The van der Waals surface area contributed by atoms with Crippen LogP contribution >= 0.6 is 0 Å². The molecule has 1 aliphatic heterocycles. The summed E-state index contributed by atoms with van der Waals surface area (Å²) < 4.78 is 11.0. The monoisotopic (exact) mass is 406 g/mol. The standard InChI is InChI=1S/C22H22N4O4/c1-2-15-8-10-18(11-9-15)29-14-19(27)23-22-25-24-21(30-22)16-12-20(28)26(13-16)17-6-4-3-5-7-17/h3-11,16H,2,12-14H2,1H3,(H,23,25,27)/t16-/m0/s1. The van der Waals surface area contributed by atoms with Gasteiger partial charge in [0.15, 0.2) is 6.61 Å². The van der Waals surface area contributed by atoms with Crippen LogP contribution in [-0.2, 0) is 16.0 Å². The second-order valence-corrected chi connectivity index (χ2v) is 7.02. The Morgan fingerprint density at radius 2 is 1.93 bits per heavy atom. The van der Waals surface area contributed by atoms with Crippen LogP contribution in [0, 0.1) is 0 Å². The Morgan fingerprint density at radius 1 is 1.17 bits per heavy atom. The number of benzene rings is 2. The van der Waals surface area contributed by atoms with E-state index in [2.05, 4.69) is 22.4 Å². The molecule has 2 amide bonds. The van der Waals surface area contributed by atoms with E-state index in [0.29, 0.717) is 18.2 Å². The van der Waals surface area contributed by atoms with Gasteiger partial charge >= 0.3 is 6.01 Å². The van der Waals surface area contributed by atoms with E-state index in [4.69, 9.17) is 9.15 Å². The maximum atomic E-state index is 12.4. The number of hydrogen-bond acceptors (Lipinski definition) is 6. The number of nitrogens with one attached hydrogen (secondary N) is 1. The van der Waals surface area contributed by atoms with Crippen molar-refractivity contribution in [1.82, 2.24) is 10.2 Å². The summed E-state index contributed by atoms with van der Waals surface area (Å²) in [5, 5.41) is 10.4. The maximum Gasteiger partial charge on any atom is 0.322 e. The molecule has 30 heavy (non-hydrogen) atoms. The predicted octanol–water partition coefficient (Wildman–Crippen LogP) is 3.17. The molecule has 1 atom stereocenters. The van der Waals surface area contributed by atoms with Gasteiger partial charge in [0.25, 0.3) is 5.91 Å². The van der Waals surface area contributed by atoms with Gasteiger partial charge in [-0.15, -0.1) is 5.10 Å². The smallest absolute Gasteiger partial charge is 0.322 e. The Balaban J connectivity index is 1.31. The van der Waals surface area contributed by atoms with E-state index in [9.17, 15) is 9.59 Å². The summed E-state index contributed by atoms with van der Waals surface area (Å²) in [5.74, 6) is 0.312. The Labute approximate surface area is 173 Å². The van der Waals surface area contributed by atoms with Crippen molar-refractivity contribution in [3.63, 3.8) is 0 Å². The number of aryl methyl sites for hydroxylation is 1. The first-order chi connectivity index (χ1) is 14.6. The van der Waals surface area contributed by atoms with Gasteiger partial charge in [-0.2, -0.15) is 0 Å². The molecule has 1 fully saturated rings. The molecule has 0 unspecified atom stereocenters. The highest BCUT2D eigenvalue weighted by atomic mass is 16.5. The topological polar surface area (TPSA) is 97.6 Å². The normalized spacial score (nSPS) is 16.0. The Kier molecular flexibility index (Phi) is 5.74. The highest BCUT2D eigenvalue weighted by Crippen LogP contribution is 2.31. The van der Waals surface area contributed by atoms with Crippen LogP contribution in [0.5, 0.6) is 5.75 Å². The number of ether oxygens (including phenoxy) is 1. The SMILES string of the molecule is CCc1ccc(OCC(=O)Nc2nnc([C@H]3CC(=O)N(c4ccccc4)C3)o2)cc1. The molecule has 0 aliphatic carbocycles. The third-order valence-electron chi connectivity index (χ3n) is 4.93. The van der Waals surface area contributed by atoms with Crippen molar-refractivity contribution >= 4 is 23.5 Å². The third-order valence-corrected chi connectivity index (χ3v) is 4.93. The van der Waals surface area contributed by atoms with Crippen LogP contribution in [0.1, 0.15) is 30.7 Å². The van der Waals surface area contributed by atoms with Crippen molar-refractivity contribution in [2.75, 3.05) is 23.4 Å². The molecule has 1 saturated heterocycles. The van der Waals surface area contributed by atoms with Gasteiger partial charge in [0.1, 0.15) is 5.75 Å². The molecular weight excluding hydrogens is 384 g/mol. The van der Waals surface area contributed by atoms with Gasteiger partial charge in [0.05, 0.1) is 5.92 Å². The predicted molar refractivity (Wildman–Crippen MR) is 110 cm³/mol. The zero-order chi connectivity index (χ0) is 20.9. The van der Waals surface area contributed by atoms with Crippen LogP contribution in [0.4, 0.5) is 11.7 Å². The van der Waals surface area contributed by atoms with E-state index in [1.807, 2.05) is 54.6 Å². The van der Waals surface area contributed by atoms with E-state index in [1.165, 1.54) is 5.56 Å². The van der Waals surface area contributed by atoms with Gasteiger partial charge in [-0.05, 0) is 36.2 Å². The number of nitrogens with zero attached hydrogens (tertiary/aromatic N) is 3. The van der Waals surface area contributed by atoms with Crippen molar-refractivity contribution in [2.45, 2.75) is 25.7 Å². The fraction of sp³-hybridized carbons (Fsp3) is 0.273. The number of rotatable bonds is 7. The van der Waals surface area contributed by atoms with Crippen molar-refractivity contribution < 1.29 is 18.7 Å².